The molecular weight excluding hydrogens is 240 g/mol. The molecule has 0 fully saturated rings. The lowest BCUT2D eigenvalue weighted by atomic mass is 10.3. The van der Waals surface area contributed by atoms with Gasteiger partial charge < -0.3 is 14.5 Å². The van der Waals surface area contributed by atoms with Crippen LogP contribution in [0.4, 0.5) is 5.69 Å². The SMILES string of the molecule is CCOc1ccc(Cl)cc1NCc1cnco1. The molecule has 0 radical (unpaired) electrons. The number of halogens is 1. The summed E-state index contributed by atoms with van der Waals surface area (Å²) in [5, 5.41) is 3.86. The van der Waals surface area contributed by atoms with Crippen LogP contribution in [0.5, 0.6) is 5.75 Å². The molecule has 0 aliphatic carbocycles. The number of ether oxygens (including phenoxy) is 1. The fourth-order valence-corrected chi connectivity index (χ4v) is 1.61. The van der Waals surface area contributed by atoms with E-state index in [1.165, 1.54) is 6.39 Å². The van der Waals surface area contributed by atoms with E-state index in [1.54, 1.807) is 12.3 Å². The van der Waals surface area contributed by atoms with Crippen LogP contribution in [-0.4, -0.2) is 11.6 Å². The van der Waals surface area contributed by atoms with E-state index in [0.29, 0.717) is 18.2 Å². The third-order valence-corrected chi connectivity index (χ3v) is 2.41. The van der Waals surface area contributed by atoms with E-state index in [4.69, 9.17) is 20.8 Å². The summed E-state index contributed by atoms with van der Waals surface area (Å²) in [6.45, 7) is 3.09. The van der Waals surface area contributed by atoms with Gasteiger partial charge in [-0.3, -0.25) is 0 Å². The molecule has 5 heteroatoms. The Morgan fingerprint density at radius 1 is 1.47 bits per heavy atom. The molecule has 2 rings (SSSR count). The summed E-state index contributed by atoms with van der Waals surface area (Å²) in [6, 6.07) is 5.46. The average Bonchev–Trinajstić information content (AvgIpc) is 2.82. The fourth-order valence-electron chi connectivity index (χ4n) is 1.43. The first-order chi connectivity index (χ1) is 8.29. The van der Waals surface area contributed by atoms with E-state index in [2.05, 4.69) is 10.3 Å². The summed E-state index contributed by atoms with van der Waals surface area (Å²) in [5.74, 6) is 1.53. The highest BCUT2D eigenvalue weighted by Crippen LogP contribution is 2.28. The highest BCUT2D eigenvalue weighted by Gasteiger charge is 2.05. The molecule has 0 aliphatic rings. The van der Waals surface area contributed by atoms with Gasteiger partial charge in [-0.1, -0.05) is 11.6 Å². The van der Waals surface area contributed by atoms with Gasteiger partial charge in [-0.25, -0.2) is 4.98 Å². The zero-order valence-electron chi connectivity index (χ0n) is 9.44. The second-order valence-corrected chi connectivity index (χ2v) is 3.83. The maximum Gasteiger partial charge on any atom is 0.180 e. The van der Waals surface area contributed by atoms with Crippen LogP contribution in [-0.2, 0) is 6.54 Å². The second-order valence-electron chi connectivity index (χ2n) is 3.39. The maximum absolute atomic E-state index is 5.95. The minimum absolute atomic E-state index is 0.542. The third kappa shape index (κ3) is 3.14. The quantitative estimate of drug-likeness (QED) is 0.887. The van der Waals surface area contributed by atoms with Gasteiger partial charge >= 0.3 is 0 Å². The fraction of sp³-hybridized carbons (Fsp3) is 0.250. The van der Waals surface area contributed by atoms with Gasteiger partial charge in [-0.05, 0) is 25.1 Å². The van der Waals surface area contributed by atoms with Crippen LogP contribution in [0.3, 0.4) is 0 Å². The van der Waals surface area contributed by atoms with Crippen molar-refractivity contribution in [3.8, 4) is 5.75 Å². The van der Waals surface area contributed by atoms with E-state index < -0.39 is 0 Å². The lowest BCUT2D eigenvalue weighted by molar-refractivity contribution is 0.341. The van der Waals surface area contributed by atoms with Crippen LogP contribution < -0.4 is 10.1 Å². The Balaban J connectivity index is 2.10. The molecule has 0 bridgehead atoms. The lowest BCUT2D eigenvalue weighted by Crippen LogP contribution is -2.02. The molecule has 0 saturated heterocycles. The predicted octanol–water partition coefficient (Wildman–Crippen LogP) is 3.34. The molecule has 0 spiro atoms. The second kappa shape index (κ2) is 5.59. The molecule has 2 aromatic rings. The molecule has 4 nitrogen and oxygen atoms in total. The standard InChI is InChI=1S/C12H13ClN2O2/c1-2-16-12-4-3-9(13)5-11(12)15-7-10-6-14-8-17-10/h3-6,8,15H,2,7H2,1H3. The Hall–Kier alpha value is -1.68. The molecule has 1 aromatic carbocycles. The number of anilines is 1. The van der Waals surface area contributed by atoms with Crippen LogP contribution >= 0.6 is 11.6 Å². The molecule has 17 heavy (non-hydrogen) atoms. The first-order valence-corrected chi connectivity index (χ1v) is 5.71. The molecule has 0 unspecified atom stereocenters. The van der Waals surface area contributed by atoms with Crippen LogP contribution in [0.2, 0.25) is 5.02 Å². The van der Waals surface area contributed by atoms with Crippen molar-refractivity contribution in [3.63, 3.8) is 0 Å². The highest BCUT2D eigenvalue weighted by atomic mass is 35.5. The highest BCUT2D eigenvalue weighted by molar-refractivity contribution is 6.30. The van der Waals surface area contributed by atoms with Crippen molar-refractivity contribution in [2.75, 3.05) is 11.9 Å². The summed E-state index contributed by atoms with van der Waals surface area (Å²) in [4.78, 5) is 3.85. The van der Waals surface area contributed by atoms with Crippen LogP contribution in [0.15, 0.2) is 35.2 Å². The van der Waals surface area contributed by atoms with Crippen LogP contribution in [0, 0.1) is 0 Å². The van der Waals surface area contributed by atoms with Gasteiger partial charge in [0, 0.05) is 5.02 Å². The molecule has 1 N–H and O–H groups in total. The largest absolute Gasteiger partial charge is 0.492 e. The minimum Gasteiger partial charge on any atom is -0.492 e. The Kier molecular flexibility index (Phi) is 3.88. The molecule has 0 aliphatic heterocycles. The Labute approximate surface area is 105 Å². The summed E-state index contributed by atoms with van der Waals surface area (Å²) in [7, 11) is 0. The maximum atomic E-state index is 5.95. The van der Waals surface area contributed by atoms with Crippen molar-refractivity contribution in [3.05, 3.63) is 41.6 Å². The first-order valence-electron chi connectivity index (χ1n) is 5.33. The van der Waals surface area contributed by atoms with Gasteiger partial charge in [0.1, 0.15) is 11.5 Å². The number of nitrogens with zero attached hydrogens (tertiary/aromatic N) is 1. The monoisotopic (exact) mass is 252 g/mol. The number of rotatable bonds is 5. The van der Waals surface area contributed by atoms with Gasteiger partial charge in [0.2, 0.25) is 0 Å². The summed E-state index contributed by atoms with van der Waals surface area (Å²) in [5.41, 5.74) is 0.843. The van der Waals surface area contributed by atoms with Crippen molar-refractivity contribution in [1.29, 1.82) is 0 Å². The molecule has 0 saturated carbocycles. The summed E-state index contributed by atoms with van der Waals surface area (Å²) >= 11 is 5.95. The number of nitrogens with one attached hydrogen (secondary N) is 1. The van der Waals surface area contributed by atoms with Gasteiger partial charge in [-0.2, -0.15) is 0 Å². The zero-order chi connectivity index (χ0) is 12.1. The van der Waals surface area contributed by atoms with E-state index in [9.17, 15) is 0 Å². The van der Waals surface area contributed by atoms with E-state index in [0.717, 1.165) is 17.2 Å². The number of hydrogen-bond donors (Lipinski definition) is 1. The minimum atomic E-state index is 0.542. The molecule has 1 heterocycles. The average molecular weight is 253 g/mol. The Morgan fingerprint density at radius 2 is 2.35 bits per heavy atom. The van der Waals surface area contributed by atoms with Gasteiger partial charge in [-0.15, -0.1) is 0 Å². The molecular formula is C12H13ClN2O2. The predicted molar refractivity (Wildman–Crippen MR) is 66.5 cm³/mol. The van der Waals surface area contributed by atoms with E-state index >= 15 is 0 Å². The van der Waals surface area contributed by atoms with Crippen molar-refractivity contribution >= 4 is 17.3 Å². The van der Waals surface area contributed by atoms with Crippen LogP contribution in [0.1, 0.15) is 12.7 Å². The Morgan fingerprint density at radius 3 is 3.06 bits per heavy atom. The topological polar surface area (TPSA) is 47.3 Å². The van der Waals surface area contributed by atoms with Crippen molar-refractivity contribution in [2.24, 2.45) is 0 Å². The molecule has 0 atom stereocenters. The van der Waals surface area contributed by atoms with E-state index in [1.807, 2.05) is 19.1 Å². The van der Waals surface area contributed by atoms with Gasteiger partial charge in [0.25, 0.3) is 0 Å². The number of oxazole rings is 1. The third-order valence-electron chi connectivity index (χ3n) is 2.18. The zero-order valence-corrected chi connectivity index (χ0v) is 10.2. The Bertz CT molecular complexity index is 471. The summed E-state index contributed by atoms with van der Waals surface area (Å²) in [6.07, 6.45) is 3.07. The van der Waals surface area contributed by atoms with Gasteiger partial charge in [0.05, 0.1) is 25.0 Å². The van der Waals surface area contributed by atoms with Crippen molar-refractivity contribution < 1.29 is 9.15 Å². The summed E-state index contributed by atoms with van der Waals surface area (Å²) < 4.78 is 10.6. The number of aromatic nitrogens is 1. The smallest absolute Gasteiger partial charge is 0.180 e. The van der Waals surface area contributed by atoms with Crippen LogP contribution in [0.25, 0.3) is 0 Å². The van der Waals surface area contributed by atoms with Crippen molar-refractivity contribution in [1.82, 2.24) is 4.98 Å². The molecule has 0 amide bonds. The van der Waals surface area contributed by atoms with Gasteiger partial charge in [0.15, 0.2) is 6.39 Å². The van der Waals surface area contributed by atoms with Crippen molar-refractivity contribution in [2.45, 2.75) is 13.5 Å². The molecule has 1 aromatic heterocycles. The first kappa shape index (κ1) is 11.8. The number of hydrogen-bond acceptors (Lipinski definition) is 4. The normalized spacial score (nSPS) is 10.2. The number of benzene rings is 1. The lowest BCUT2D eigenvalue weighted by Gasteiger charge is -2.11. The molecule has 90 valence electrons. The van der Waals surface area contributed by atoms with E-state index in [-0.39, 0.29) is 0 Å².